The second kappa shape index (κ2) is 3.91. The topological polar surface area (TPSA) is 12.0 Å². The Morgan fingerprint density at radius 2 is 2.19 bits per heavy atom. The molecule has 0 aromatic carbocycles. The molecule has 0 aromatic rings. The molecule has 2 atom stereocenters. The molecule has 1 aliphatic heterocycles. The van der Waals surface area contributed by atoms with E-state index in [1.807, 2.05) is 0 Å². The first-order valence-electron chi connectivity index (χ1n) is 5.62. The lowest BCUT2D eigenvalue weighted by Crippen LogP contribution is -2.35. The summed E-state index contributed by atoms with van der Waals surface area (Å²) in [5, 5.41) is 3.29. The monoisotopic (exact) mass is 231 g/mol. The van der Waals surface area contributed by atoms with Crippen LogP contribution in [0.5, 0.6) is 0 Å². The maximum Gasteiger partial charge on any atom is 0.397 e. The first-order valence-corrected chi connectivity index (χ1v) is 5.62. The highest BCUT2D eigenvalue weighted by Crippen LogP contribution is 2.45. The lowest BCUT2D eigenvalue weighted by Gasteiger charge is -2.31. The molecule has 0 spiro atoms. The fourth-order valence-electron chi connectivity index (χ4n) is 2.18. The maximum absolute atomic E-state index is 12.7. The van der Waals surface area contributed by atoms with Gasteiger partial charge in [-0.25, -0.2) is 0 Å². The average molecular weight is 231 g/mol. The molecule has 0 bridgehead atoms. The van der Waals surface area contributed by atoms with E-state index in [1.54, 1.807) is 12.2 Å². The molecule has 2 rings (SSSR count). The maximum atomic E-state index is 12.7. The number of halogens is 3. The van der Waals surface area contributed by atoms with E-state index in [0.29, 0.717) is 0 Å². The van der Waals surface area contributed by atoms with Gasteiger partial charge in [-0.2, -0.15) is 13.2 Å². The molecule has 4 heteroatoms. The summed E-state index contributed by atoms with van der Waals surface area (Å²) >= 11 is 0. The van der Waals surface area contributed by atoms with Gasteiger partial charge in [-0.05, 0) is 38.3 Å². The van der Waals surface area contributed by atoms with E-state index in [9.17, 15) is 13.2 Å². The van der Waals surface area contributed by atoms with E-state index in [-0.39, 0.29) is 12.5 Å². The largest absolute Gasteiger partial charge is 0.397 e. The summed E-state index contributed by atoms with van der Waals surface area (Å²) in [6.45, 7) is 2.21. The zero-order valence-corrected chi connectivity index (χ0v) is 9.27. The predicted octanol–water partition coefficient (Wildman–Crippen LogP) is 3.19. The molecule has 1 unspecified atom stereocenters. The molecule has 1 heterocycles. The second-order valence-corrected chi connectivity index (χ2v) is 4.81. The Morgan fingerprint density at radius 1 is 1.44 bits per heavy atom. The van der Waals surface area contributed by atoms with Crippen molar-refractivity contribution in [2.75, 3.05) is 6.54 Å². The van der Waals surface area contributed by atoms with Gasteiger partial charge in [0, 0.05) is 6.04 Å². The fraction of sp³-hybridized carbons (Fsp3) is 0.667. The minimum atomic E-state index is -4.16. The van der Waals surface area contributed by atoms with Crippen LogP contribution in [0.2, 0.25) is 0 Å². The van der Waals surface area contributed by atoms with Crippen LogP contribution in [-0.2, 0) is 0 Å². The Kier molecular flexibility index (Phi) is 2.86. The van der Waals surface area contributed by atoms with Gasteiger partial charge < -0.3 is 5.32 Å². The lowest BCUT2D eigenvalue weighted by atomic mass is 9.80. The third kappa shape index (κ3) is 2.03. The SMILES string of the molecule is CC1(C(F)(F)F)C=CC([C@H]2CCCN2)=CC1. The van der Waals surface area contributed by atoms with Crippen LogP contribution in [0.3, 0.4) is 0 Å². The standard InChI is InChI=1S/C12H16F3N/c1-11(12(13,14)15)6-4-9(5-7-11)10-3-2-8-16-10/h4-6,10,16H,2-3,7-8H2,1H3/t10-,11?/m1/s1. The van der Waals surface area contributed by atoms with Crippen LogP contribution >= 0.6 is 0 Å². The molecule has 0 saturated carbocycles. The molecular weight excluding hydrogens is 215 g/mol. The quantitative estimate of drug-likeness (QED) is 0.730. The van der Waals surface area contributed by atoms with Crippen molar-refractivity contribution in [2.24, 2.45) is 5.41 Å². The zero-order valence-electron chi connectivity index (χ0n) is 9.27. The van der Waals surface area contributed by atoms with Crippen molar-refractivity contribution in [3.63, 3.8) is 0 Å². The van der Waals surface area contributed by atoms with E-state index in [0.717, 1.165) is 25.0 Å². The van der Waals surface area contributed by atoms with Crippen molar-refractivity contribution < 1.29 is 13.2 Å². The van der Waals surface area contributed by atoms with Crippen LogP contribution < -0.4 is 5.32 Å². The number of hydrogen-bond donors (Lipinski definition) is 1. The molecule has 2 aliphatic rings. The van der Waals surface area contributed by atoms with Crippen LogP contribution in [0.4, 0.5) is 13.2 Å². The number of nitrogens with one attached hydrogen (secondary N) is 1. The Balaban J connectivity index is 2.08. The van der Waals surface area contributed by atoms with Crippen LogP contribution in [0.1, 0.15) is 26.2 Å². The zero-order chi connectivity index (χ0) is 11.8. The van der Waals surface area contributed by atoms with Gasteiger partial charge in [0.1, 0.15) is 0 Å². The van der Waals surface area contributed by atoms with Crippen LogP contribution in [-0.4, -0.2) is 18.8 Å². The Labute approximate surface area is 93.4 Å². The van der Waals surface area contributed by atoms with Gasteiger partial charge in [0.25, 0.3) is 0 Å². The van der Waals surface area contributed by atoms with E-state index in [2.05, 4.69) is 5.32 Å². The first kappa shape index (κ1) is 11.7. The van der Waals surface area contributed by atoms with Crippen molar-refractivity contribution in [1.29, 1.82) is 0 Å². The summed E-state index contributed by atoms with van der Waals surface area (Å²) in [6.07, 6.45) is 2.71. The van der Waals surface area contributed by atoms with Gasteiger partial charge in [0.2, 0.25) is 0 Å². The van der Waals surface area contributed by atoms with E-state index in [1.165, 1.54) is 13.0 Å². The highest BCUT2D eigenvalue weighted by Gasteiger charge is 2.49. The van der Waals surface area contributed by atoms with Gasteiger partial charge in [0.05, 0.1) is 5.41 Å². The van der Waals surface area contributed by atoms with Gasteiger partial charge in [0.15, 0.2) is 0 Å². The number of rotatable bonds is 1. The first-order chi connectivity index (χ1) is 7.42. The number of hydrogen-bond acceptors (Lipinski definition) is 1. The highest BCUT2D eigenvalue weighted by molar-refractivity contribution is 5.32. The minimum Gasteiger partial charge on any atom is -0.310 e. The van der Waals surface area contributed by atoms with Gasteiger partial charge >= 0.3 is 6.18 Å². The molecule has 1 N–H and O–H groups in total. The molecule has 0 radical (unpaired) electrons. The van der Waals surface area contributed by atoms with Crippen molar-refractivity contribution in [2.45, 2.75) is 38.4 Å². The number of allylic oxidation sites excluding steroid dienone is 2. The molecule has 1 saturated heterocycles. The summed E-state index contributed by atoms with van der Waals surface area (Å²) < 4.78 is 38.2. The van der Waals surface area contributed by atoms with Crippen molar-refractivity contribution in [1.82, 2.24) is 5.32 Å². The van der Waals surface area contributed by atoms with E-state index < -0.39 is 11.6 Å². The minimum absolute atomic E-state index is 0.0561. The van der Waals surface area contributed by atoms with Crippen molar-refractivity contribution in [3.05, 3.63) is 23.8 Å². The Morgan fingerprint density at radius 3 is 2.62 bits per heavy atom. The molecule has 1 fully saturated rings. The molecule has 1 nitrogen and oxygen atoms in total. The molecule has 90 valence electrons. The normalized spacial score (nSPS) is 35.2. The van der Waals surface area contributed by atoms with Gasteiger partial charge in [-0.3, -0.25) is 0 Å². The molecule has 1 aliphatic carbocycles. The summed E-state index contributed by atoms with van der Waals surface area (Å²) in [5.41, 5.74) is -0.672. The summed E-state index contributed by atoms with van der Waals surface area (Å²) in [4.78, 5) is 0. The van der Waals surface area contributed by atoms with Crippen LogP contribution in [0, 0.1) is 5.41 Å². The number of alkyl halides is 3. The van der Waals surface area contributed by atoms with E-state index in [4.69, 9.17) is 0 Å². The highest BCUT2D eigenvalue weighted by atomic mass is 19.4. The third-order valence-electron chi connectivity index (χ3n) is 3.52. The second-order valence-electron chi connectivity index (χ2n) is 4.81. The Hall–Kier alpha value is -0.770. The summed E-state index contributed by atoms with van der Waals surface area (Å²) in [6, 6.07) is 0.258. The van der Waals surface area contributed by atoms with Crippen LogP contribution in [0.25, 0.3) is 0 Å². The lowest BCUT2D eigenvalue weighted by molar-refractivity contribution is -0.199. The smallest absolute Gasteiger partial charge is 0.310 e. The fourth-order valence-corrected chi connectivity index (χ4v) is 2.18. The molecule has 0 aromatic heterocycles. The summed E-state index contributed by atoms with van der Waals surface area (Å²) in [7, 11) is 0. The molecule has 16 heavy (non-hydrogen) atoms. The predicted molar refractivity (Wildman–Crippen MR) is 57.0 cm³/mol. The van der Waals surface area contributed by atoms with Crippen LogP contribution in [0.15, 0.2) is 23.8 Å². The Bertz CT molecular complexity index is 324. The van der Waals surface area contributed by atoms with Gasteiger partial charge in [-0.15, -0.1) is 0 Å². The molecular formula is C12H16F3N. The van der Waals surface area contributed by atoms with Crippen molar-refractivity contribution in [3.8, 4) is 0 Å². The molecule has 0 amide bonds. The third-order valence-corrected chi connectivity index (χ3v) is 3.52. The summed E-state index contributed by atoms with van der Waals surface area (Å²) in [5.74, 6) is 0. The van der Waals surface area contributed by atoms with Crippen molar-refractivity contribution >= 4 is 0 Å². The average Bonchev–Trinajstić information content (AvgIpc) is 2.70. The van der Waals surface area contributed by atoms with E-state index >= 15 is 0 Å². The van der Waals surface area contributed by atoms with Gasteiger partial charge in [-0.1, -0.05) is 18.2 Å².